The fraction of sp³-hybridized carbons (Fsp3) is 1.00. The van der Waals surface area contributed by atoms with Gasteiger partial charge in [0.05, 0.1) is 0 Å². The molecule has 0 saturated heterocycles. The molecule has 3 heteroatoms. The first-order valence-corrected chi connectivity index (χ1v) is 16.2. The molecule has 2 N–H and O–H groups in total. The third kappa shape index (κ3) is 2.86. The van der Waals surface area contributed by atoms with Crippen molar-refractivity contribution in [3.05, 3.63) is 0 Å². The summed E-state index contributed by atoms with van der Waals surface area (Å²) in [6.07, 6.45) is 21.3. The van der Waals surface area contributed by atoms with E-state index < -0.39 is 6.15 Å². The normalized spacial score (nSPS) is 29.6. The van der Waals surface area contributed by atoms with Gasteiger partial charge in [-0.15, -0.1) is 0 Å². The molecular weight excluding hydrogens is 301 g/mol. The average Bonchev–Trinajstić information content (AvgIpc) is 2.63. The summed E-state index contributed by atoms with van der Waals surface area (Å²) in [5.74, 6) is 0. The molecule has 0 bridgehead atoms. The van der Waals surface area contributed by atoms with Gasteiger partial charge in [0.2, 0.25) is 0 Å². The van der Waals surface area contributed by atoms with Crippen molar-refractivity contribution in [1.82, 2.24) is 0 Å². The van der Waals surface area contributed by atoms with E-state index in [4.69, 9.17) is 5.40 Å². The molecule has 3 rings (SSSR count). The van der Waals surface area contributed by atoms with Crippen molar-refractivity contribution in [3.63, 3.8) is 0 Å². The van der Waals surface area contributed by atoms with Crippen molar-refractivity contribution in [2.45, 2.75) is 113 Å². The molecule has 0 atom stereocenters. The van der Waals surface area contributed by atoms with E-state index in [0.717, 1.165) is 17.0 Å². The van der Waals surface area contributed by atoms with Gasteiger partial charge < -0.3 is 0 Å². The second-order valence-corrected chi connectivity index (χ2v) is 22.2. The third-order valence-electron chi connectivity index (χ3n) is 8.36. The number of hydrogen-bond acceptors (Lipinski definition) is 1. The average molecular weight is 342 g/mol. The Morgan fingerprint density at radius 3 is 1.09 bits per heavy atom. The van der Waals surface area contributed by atoms with Crippen LogP contribution in [-0.2, 0) is 0 Å². The molecule has 3 saturated carbocycles. The van der Waals surface area contributed by atoms with Gasteiger partial charge in [0.25, 0.3) is 0 Å². The zero-order chi connectivity index (χ0) is 15.5. The van der Waals surface area contributed by atoms with Gasteiger partial charge >= 0.3 is 141 Å². The Balaban J connectivity index is 1.96. The van der Waals surface area contributed by atoms with Crippen LogP contribution >= 0.6 is 6.15 Å². The summed E-state index contributed by atoms with van der Waals surface area (Å²) in [6, 6.07) is 0. The molecule has 0 unspecified atom stereocenters. The molecule has 3 aliphatic rings. The standard InChI is InChI=1S/C19H40NPSi/c1-21(22-20,17-11-5-2-6-12-17,18-13-7-3-8-14-18)19-15-9-4-10-16-19/h17-19H,2-16,20,22H2,1H3. The second-order valence-electron chi connectivity index (χ2n) is 9.14. The molecule has 0 aliphatic heterocycles. The summed E-state index contributed by atoms with van der Waals surface area (Å²) in [6.45, 7) is 2.90. The van der Waals surface area contributed by atoms with E-state index in [1.165, 1.54) is 57.8 Å². The maximum absolute atomic E-state index is 6.93. The van der Waals surface area contributed by atoms with Crippen LogP contribution in [0.3, 0.4) is 0 Å². The van der Waals surface area contributed by atoms with Crippen molar-refractivity contribution in [2.75, 3.05) is 6.66 Å². The molecule has 0 heterocycles. The zero-order valence-electron chi connectivity index (χ0n) is 15.1. The van der Waals surface area contributed by atoms with E-state index in [0.29, 0.717) is 0 Å². The Hall–Kier alpha value is 0.607. The monoisotopic (exact) mass is 341 g/mol. The van der Waals surface area contributed by atoms with Crippen LogP contribution in [-0.4, -0.2) is 33.0 Å². The van der Waals surface area contributed by atoms with Crippen LogP contribution in [0.5, 0.6) is 0 Å². The van der Waals surface area contributed by atoms with E-state index in [2.05, 4.69) is 6.66 Å². The van der Waals surface area contributed by atoms with Gasteiger partial charge in [-0.05, 0) is 0 Å². The van der Waals surface area contributed by atoms with Crippen molar-refractivity contribution >= 4 is 15.5 Å². The molecule has 0 spiro atoms. The quantitative estimate of drug-likeness (QED) is 0.557. The fourth-order valence-corrected chi connectivity index (χ4v) is 21.0. The molecule has 0 amide bonds. The van der Waals surface area contributed by atoms with Gasteiger partial charge in [-0.25, -0.2) is 0 Å². The van der Waals surface area contributed by atoms with Crippen molar-refractivity contribution in [2.24, 2.45) is 5.40 Å². The Morgan fingerprint density at radius 2 is 0.864 bits per heavy atom. The van der Waals surface area contributed by atoms with Gasteiger partial charge in [-0.1, -0.05) is 0 Å². The van der Waals surface area contributed by atoms with Crippen LogP contribution in [0.2, 0.25) is 0 Å². The Bertz CT molecular complexity index is 306. The molecule has 130 valence electrons. The first-order chi connectivity index (χ1) is 10.7. The molecule has 3 fully saturated rings. The van der Waals surface area contributed by atoms with Gasteiger partial charge in [0, 0.05) is 0 Å². The summed E-state index contributed by atoms with van der Waals surface area (Å²) >= 11 is 0. The topological polar surface area (TPSA) is 26.0 Å². The van der Waals surface area contributed by atoms with Crippen LogP contribution in [0.4, 0.5) is 0 Å². The predicted octanol–water partition coefficient (Wildman–Crippen LogP) is 5.13. The van der Waals surface area contributed by atoms with Crippen molar-refractivity contribution < 1.29 is 0 Å². The predicted molar refractivity (Wildman–Crippen MR) is 106 cm³/mol. The van der Waals surface area contributed by atoms with E-state index in [1.807, 2.05) is 0 Å². The van der Waals surface area contributed by atoms with E-state index in [-0.39, 0.29) is 9.35 Å². The van der Waals surface area contributed by atoms with Crippen LogP contribution in [0.15, 0.2) is 0 Å². The minimum atomic E-state index is -1.65. The van der Waals surface area contributed by atoms with Crippen molar-refractivity contribution in [1.29, 1.82) is 0 Å². The molecule has 22 heavy (non-hydrogen) atoms. The Kier molecular flexibility index (Phi) is 5.73. The molecule has 3 aliphatic carbocycles. The first-order valence-electron chi connectivity index (χ1n) is 10.4. The molecule has 0 aromatic carbocycles. The van der Waals surface area contributed by atoms with Gasteiger partial charge in [0.15, 0.2) is 0 Å². The number of hydrogen-bond donors (Lipinski definition) is 1. The molecule has 0 radical (unpaired) electrons. The third-order valence-corrected chi connectivity index (χ3v) is 24.8. The molecule has 0 aromatic heterocycles. The summed E-state index contributed by atoms with van der Waals surface area (Å²) in [4.78, 5) is 0. The van der Waals surface area contributed by atoms with Crippen LogP contribution in [0.25, 0.3) is 0 Å². The van der Waals surface area contributed by atoms with E-state index in [1.54, 1.807) is 38.5 Å². The Labute approximate surface area is 141 Å². The maximum atomic E-state index is 6.93. The minimum absolute atomic E-state index is 0.379. The summed E-state index contributed by atoms with van der Waals surface area (Å²) in [5.41, 5.74) is 3.30. The van der Waals surface area contributed by atoms with Gasteiger partial charge in [-0.3, -0.25) is 0 Å². The SMILES string of the molecule is CP([SiH2]N)(C1CCCCC1)(C1CCCCC1)C1CCCCC1. The van der Waals surface area contributed by atoms with Crippen molar-refractivity contribution in [3.8, 4) is 0 Å². The van der Waals surface area contributed by atoms with Crippen LogP contribution in [0.1, 0.15) is 96.3 Å². The first kappa shape index (κ1) is 17.4. The van der Waals surface area contributed by atoms with Crippen LogP contribution < -0.4 is 5.40 Å². The number of nitrogens with two attached hydrogens (primary N) is 1. The molecule has 0 aromatic rings. The summed E-state index contributed by atoms with van der Waals surface area (Å²) in [5, 5.41) is 6.93. The fourth-order valence-electron chi connectivity index (χ4n) is 6.80. The summed E-state index contributed by atoms with van der Waals surface area (Å²) in [7, 11) is -0.379. The Morgan fingerprint density at radius 1 is 0.591 bits per heavy atom. The van der Waals surface area contributed by atoms with Gasteiger partial charge in [-0.2, -0.15) is 0 Å². The second kappa shape index (κ2) is 7.24. The van der Waals surface area contributed by atoms with E-state index in [9.17, 15) is 0 Å². The van der Waals surface area contributed by atoms with Crippen LogP contribution in [0, 0.1) is 0 Å². The molecular formula is C19H40NPSi. The number of rotatable bonds is 4. The van der Waals surface area contributed by atoms with E-state index >= 15 is 0 Å². The molecule has 1 nitrogen and oxygen atoms in total. The zero-order valence-corrected chi connectivity index (χ0v) is 17.4. The summed E-state index contributed by atoms with van der Waals surface area (Å²) < 4.78 is 0. The van der Waals surface area contributed by atoms with Gasteiger partial charge in [0.1, 0.15) is 0 Å².